The first-order valence-corrected chi connectivity index (χ1v) is 8.74. The third-order valence-electron chi connectivity index (χ3n) is 5.73. The molecule has 2 aromatic heterocycles. The van der Waals surface area contributed by atoms with Gasteiger partial charge in [-0.05, 0) is 30.4 Å². The van der Waals surface area contributed by atoms with Crippen LogP contribution in [-0.2, 0) is 7.05 Å². The summed E-state index contributed by atoms with van der Waals surface area (Å²) in [7, 11) is 2.00. The Hall–Kier alpha value is -2.24. The number of hydrogen-bond acceptors (Lipinski definition) is 4. The van der Waals surface area contributed by atoms with Crippen LogP contribution in [0.3, 0.4) is 0 Å². The molecule has 1 aliphatic heterocycles. The molecule has 1 aliphatic carbocycles. The Morgan fingerprint density at radius 2 is 2.08 bits per heavy atom. The molecule has 4 rings (SSSR count). The lowest BCUT2D eigenvalue weighted by Crippen LogP contribution is -2.34. The van der Waals surface area contributed by atoms with E-state index in [-0.39, 0.29) is 17.2 Å². The summed E-state index contributed by atoms with van der Waals surface area (Å²) >= 11 is 0. The molecule has 1 saturated heterocycles. The first-order valence-electron chi connectivity index (χ1n) is 8.74. The molecule has 24 heavy (non-hydrogen) atoms. The summed E-state index contributed by atoms with van der Waals surface area (Å²) in [6, 6.07) is 5.50. The Morgan fingerprint density at radius 1 is 1.25 bits per heavy atom. The van der Waals surface area contributed by atoms with Crippen molar-refractivity contribution in [3.63, 3.8) is 0 Å². The topological polar surface area (TPSA) is 63.9 Å². The molecule has 2 aliphatic rings. The maximum atomic E-state index is 12.9. The van der Waals surface area contributed by atoms with E-state index >= 15 is 0 Å². The Bertz CT molecular complexity index is 720. The third kappa shape index (κ3) is 2.50. The van der Waals surface area contributed by atoms with Crippen LogP contribution in [0.5, 0.6) is 0 Å². The second-order valence-corrected chi connectivity index (χ2v) is 7.18. The molecule has 2 fully saturated rings. The predicted molar refractivity (Wildman–Crippen MR) is 89.4 cm³/mol. The van der Waals surface area contributed by atoms with Crippen molar-refractivity contribution in [1.29, 1.82) is 0 Å². The smallest absolute Gasteiger partial charge is 0.272 e. The normalized spacial score (nSPS) is 22.9. The lowest BCUT2D eigenvalue weighted by Gasteiger charge is -2.37. The molecule has 6 nitrogen and oxygen atoms in total. The van der Waals surface area contributed by atoms with Crippen LogP contribution >= 0.6 is 0 Å². The van der Waals surface area contributed by atoms with Crippen LogP contribution in [0.2, 0.25) is 0 Å². The van der Waals surface area contributed by atoms with Gasteiger partial charge in [0.15, 0.2) is 0 Å². The summed E-state index contributed by atoms with van der Waals surface area (Å²) in [5.74, 6) is 1.30. The number of pyridine rings is 1. The van der Waals surface area contributed by atoms with Crippen molar-refractivity contribution in [3.8, 4) is 0 Å². The molecule has 1 amide bonds. The van der Waals surface area contributed by atoms with E-state index in [9.17, 15) is 4.79 Å². The fourth-order valence-corrected chi connectivity index (χ4v) is 4.50. The minimum atomic E-state index is 0.0326. The highest BCUT2D eigenvalue weighted by Gasteiger charge is 2.50. The Balaban J connectivity index is 1.66. The highest BCUT2D eigenvalue weighted by atomic mass is 16.2. The van der Waals surface area contributed by atoms with E-state index in [1.54, 1.807) is 18.6 Å². The van der Waals surface area contributed by atoms with Gasteiger partial charge in [0.1, 0.15) is 17.8 Å². The van der Waals surface area contributed by atoms with E-state index in [1.165, 1.54) is 19.3 Å². The van der Waals surface area contributed by atoms with Gasteiger partial charge in [0, 0.05) is 32.3 Å². The monoisotopic (exact) mass is 325 g/mol. The van der Waals surface area contributed by atoms with E-state index < -0.39 is 0 Å². The Morgan fingerprint density at radius 3 is 2.75 bits per heavy atom. The molecule has 1 unspecified atom stereocenters. The number of amides is 1. The van der Waals surface area contributed by atoms with Crippen LogP contribution in [0, 0.1) is 5.41 Å². The molecule has 1 atom stereocenters. The van der Waals surface area contributed by atoms with Gasteiger partial charge in [-0.25, -0.2) is 0 Å². The highest BCUT2D eigenvalue weighted by Crippen LogP contribution is 2.51. The van der Waals surface area contributed by atoms with Crippen molar-refractivity contribution in [2.24, 2.45) is 12.5 Å². The number of rotatable bonds is 2. The summed E-state index contributed by atoms with van der Waals surface area (Å²) in [5, 5.41) is 8.44. The highest BCUT2D eigenvalue weighted by molar-refractivity contribution is 5.92. The molecule has 6 heteroatoms. The third-order valence-corrected chi connectivity index (χ3v) is 5.73. The van der Waals surface area contributed by atoms with Gasteiger partial charge in [0.25, 0.3) is 5.91 Å². The Kier molecular flexibility index (Phi) is 3.82. The summed E-state index contributed by atoms with van der Waals surface area (Å²) in [6.07, 6.45) is 9.53. The summed E-state index contributed by atoms with van der Waals surface area (Å²) in [4.78, 5) is 19.1. The summed E-state index contributed by atoms with van der Waals surface area (Å²) < 4.78 is 2.01. The lowest BCUT2D eigenvalue weighted by molar-refractivity contribution is 0.0752. The van der Waals surface area contributed by atoms with Crippen LogP contribution in [-0.4, -0.2) is 43.6 Å². The van der Waals surface area contributed by atoms with Gasteiger partial charge >= 0.3 is 0 Å². The maximum Gasteiger partial charge on any atom is 0.272 e. The number of hydrogen-bond donors (Lipinski definition) is 0. The van der Waals surface area contributed by atoms with E-state index in [0.29, 0.717) is 12.2 Å². The van der Waals surface area contributed by atoms with Gasteiger partial charge < -0.3 is 9.47 Å². The van der Waals surface area contributed by atoms with Crippen molar-refractivity contribution in [3.05, 3.63) is 42.2 Å². The summed E-state index contributed by atoms with van der Waals surface area (Å²) in [5.41, 5.74) is 0.672. The molecule has 0 bridgehead atoms. The van der Waals surface area contributed by atoms with Gasteiger partial charge in [0.2, 0.25) is 0 Å². The van der Waals surface area contributed by atoms with Crippen molar-refractivity contribution >= 4 is 5.91 Å². The number of likely N-dealkylation sites (tertiary alicyclic amines) is 1. The molecular weight excluding hydrogens is 302 g/mol. The van der Waals surface area contributed by atoms with Gasteiger partial charge in [-0.3, -0.25) is 9.78 Å². The molecule has 126 valence electrons. The van der Waals surface area contributed by atoms with Crippen LogP contribution in [0.1, 0.15) is 54.3 Å². The lowest BCUT2D eigenvalue weighted by atomic mass is 9.67. The molecule has 0 aromatic carbocycles. The van der Waals surface area contributed by atoms with Crippen LogP contribution in [0.25, 0.3) is 0 Å². The number of nitrogens with zero attached hydrogens (tertiary/aromatic N) is 5. The molecule has 0 N–H and O–H groups in total. The van der Waals surface area contributed by atoms with Crippen LogP contribution in [0.15, 0.2) is 30.7 Å². The van der Waals surface area contributed by atoms with Crippen molar-refractivity contribution in [1.82, 2.24) is 24.6 Å². The fraction of sp³-hybridized carbons (Fsp3) is 0.556. The first-order chi connectivity index (χ1) is 11.7. The van der Waals surface area contributed by atoms with Crippen molar-refractivity contribution in [2.45, 2.75) is 38.0 Å². The predicted octanol–water partition coefficient (Wildman–Crippen LogP) is 2.40. The SMILES string of the molecule is Cn1cnnc1C1CN(C(=O)c2ccccn2)CC12CCCCC2. The zero-order valence-electron chi connectivity index (χ0n) is 14.1. The van der Waals surface area contributed by atoms with Gasteiger partial charge in [-0.15, -0.1) is 10.2 Å². The molecule has 3 heterocycles. The van der Waals surface area contributed by atoms with Crippen LogP contribution < -0.4 is 0 Å². The fourth-order valence-electron chi connectivity index (χ4n) is 4.50. The quantitative estimate of drug-likeness (QED) is 0.850. The molecule has 1 spiro atoms. The van der Waals surface area contributed by atoms with Crippen molar-refractivity contribution in [2.75, 3.05) is 13.1 Å². The number of carbonyl (C=O) groups is 1. The first kappa shape index (κ1) is 15.3. The largest absolute Gasteiger partial charge is 0.336 e. The minimum Gasteiger partial charge on any atom is -0.336 e. The Labute approximate surface area is 141 Å². The van der Waals surface area contributed by atoms with E-state index in [1.807, 2.05) is 28.6 Å². The summed E-state index contributed by atoms with van der Waals surface area (Å²) in [6.45, 7) is 1.52. The number of aromatic nitrogens is 4. The zero-order valence-corrected chi connectivity index (χ0v) is 14.1. The van der Waals surface area contributed by atoms with E-state index in [0.717, 1.165) is 25.2 Å². The molecule has 1 saturated carbocycles. The zero-order chi connectivity index (χ0) is 16.6. The van der Waals surface area contributed by atoms with Gasteiger partial charge in [-0.1, -0.05) is 25.3 Å². The van der Waals surface area contributed by atoms with Crippen molar-refractivity contribution < 1.29 is 4.79 Å². The van der Waals surface area contributed by atoms with Crippen LogP contribution in [0.4, 0.5) is 0 Å². The van der Waals surface area contributed by atoms with Gasteiger partial charge in [0.05, 0.1) is 0 Å². The number of carbonyl (C=O) groups excluding carboxylic acids is 1. The van der Waals surface area contributed by atoms with E-state index in [4.69, 9.17) is 0 Å². The molecule has 0 radical (unpaired) electrons. The average Bonchev–Trinajstić information content (AvgIpc) is 3.19. The standard InChI is InChI=1S/C18H23N5O/c1-22-13-20-21-16(22)14-11-23(12-18(14)8-4-2-5-9-18)17(24)15-7-3-6-10-19-15/h3,6-7,10,13-14H,2,4-5,8-9,11-12H2,1H3. The number of aryl methyl sites for hydroxylation is 1. The second-order valence-electron chi connectivity index (χ2n) is 7.18. The minimum absolute atomic E-state index is 0.0326. The second kappa shape index (κ2) is 6.00. The van der Waals surface area contributed by atoms with Gasteiger partial charge in [-0.2, -0.15) is 0 Å². The molecule has 2 aromatic rings. The van der Waals surface area contributed by atoms with E-state index in [2.05, 4.69) is 15.2 Å². The molecular formula is C18H23N5O. The average molecular weight is 325 g/mol. The maximum absolute atomic E-state index is 12.9.